The summed E-state index contributed by atoms with van der Waals surface area (Å²) in [7, 11) is 2.21. The largest absolute Gasteiger partial charge is 0.381 e. The second-order valence-corrected chi connectivity index (χ2v) is 6.06. The predicted octanol–water partition coefficient (Wildman–Crippen LogP) is 2.26. The van der Waals surface area contributed by atoms with Crippen LogP contribution in [0.25, 0.3) is 0 Å². The smallest absolute Gasteiger partial charge is 0.0485 e. The van der Waals surface area contributed by atoms with Crippen molar-refractivity contribution in [2.75, 3.05) is 25.2 Å². The number of hydrogen-bond donors (Lipinski definition) is 1. The minimum absolute atomic E-state index is 0.588. The number of nitrogens with zero attached hydrogens (tertiary/aromatic N) is 2. The van der Waals surface area contributed by atoms with Gasteiger partial charge in [-0.1, -0.05) is 0 Å². The van der Waals surface area contributed by atoms with Crippen molar-refractivity contribution in [2.24, 2.45) is 0 Å². The van der Waals surface area contributed by atoms with Crippen LogP contribution in [0.4, 0.5) is 5.69 Å². The molecule has 0 atom stereocenters. The summed E-state index contributed by atoms with van der Waals surface area (Å²) in [5.74, 6) is 0. The van der Waals surface area contributed by atoms with E-state index in [4.69, 9.17) is 4.74 Å². The van der Waals surface area contributed by atoms with Crippen LogP contribution in [0.5, 0.6) is 0 Å². The molecular weight excluding hydrogens is 250 g/mol. The van der Waals surface area contributed by atoms with Gasteiger partial charge in [0, 0.05) is 62.0 Å². The zero-order chi connectivity index (χ0) is 13.9. The van der Waals surface area contributed by atoms with Crippen molar-refractivity contribution in [1.29, 1.82) is 0 Å². The summed E-state index contributed by atoms with van der Waals surface area (Å²) >= 11 is 0. The van der Waals surface area contributed by atoms with E-state index in [1.54, 1.807) is 0 Å². The molecule has 2 fully saturated rings. The standard InChI is InChI=1S/C16H25N3O/c1-12-9-16(19(2)15-5-7-20-8-6-15)13(10-17-12)11-18-14-3-4-14/h9-10,14-15,18H,3-8,11H2,1-2H3. The third-order valence-corrected chi connectivity index (χ3v) is 4.38. The van der Waals surface area contributed by atoms with E-state index in [1.165, 1.54) is 24.1 Å². The Hall–Kier alpha value is -1.13. The van der Waals surface area contributed by atoms with E-state index in [9.17, 15) is 0 Å². The van der Waals surface area contributed by atoms with Gasteiger partial charge in [0.2, 0.25) is 0 Å². The van der Waals surface area contributed by atoms with E-state index in [-0.39, 0.29) is 0 Å². The Morgan fingerprint density at radius 2 is 2.05 bits per heavy atom. The van der Waals surface area contributed by atoms with Gasteiger partial charge in [-0.05, 0) is 38.7 Å². The molecule has 0 spiro atoms. The van der Waals surface area contributed by atoms with E-state index in [2.05, 4.69) is 35.2 Å². The number of hydrogen-bond acceptors (Lipinski definition) is 4. The summed E-state index contributed by atoms with van der Waals surface area (Å²) in [5, 5.41) is 3.60. The molecule has 0 amide bonds. The van der Waals surface area contributed by atoms with Crippen molar-refractivity contribution in [1.82, 2.24) is 10.3 Å². The number of anilines is 1. The lowest BCUT2D eigenvalue weighted by Gasteiger charge is -2.34. The molecule has 1 aliphatic heterocycles. The fraction of sp³-hybridized carbons (Fsp3) is 0.688. The minimum Gasteiger partial charge on any atom is -0.381 e. The van der Waals surface area contributed by atoms with Crippen molar-refractivity contribution >= 4 is 5.69 Å². The Morgan fingerprint density at radius 1 is 1.30 bits per heavy atom. The first-order valence-corrected chi connectivity index (χ1v) is 7.73. The van der Waals surface area contributed by atoms with Gasteiger partial charge in [-0.25, -0.2) is 0 Å². The molecule has 1 aromatic rings. The summed E-state index contributed by atoms with van der Waals surface area (Å²) in [4.78, 5) is 6.91. The van der Waals surface area contributed by atoms with Crippen LogP contribution in [-0.4, -0.2) is 37.3 Å². The van der Waals surface area contributed by atoms with E-state index in [0.717, 1.165) is 44.3 Å². The van der Waals surface area contributed by atoms with E-state index in [1.807, 2.05) is 6.20 Å². The molecule has 1 aliphatic carbocycles. The molecule has 0 radical (unpaired) electrons. The van der Waals surface area contributed by atoms with Gasteiger partial charge >= 0.3 is 0 Å². The third-order valence-electron chi connectivity index (χ3n) is 4.38. The van der Waals surface area contributed by atoms with Gasteiger partial charge in [0.15, 0.2) is 0 Å². The maximum Gasteiger partial charge on any atom is 0.0485 e. The number of aromatic nitrogens is 1. The molecule has 4 nitrogen and oxygen atoms in total. The molecule has 0 bridgehead atoms. The van der Waals surface area contributed by atoms with Crippen LogP contribution in [0.2, 0.25) is 0 Å². The third kappa shape index (κ3) is 3.30. The lowest BCUT2D eigenvalue weighted by Crippen LogP contribution is -2.37. The molecule has 20 heavy (non-hydrogen) atoms. The second-order valence-electron chi connectivity index (χ2n) is 6.06. The normalized spacial score (nSPS) is 20.1. The first-order chi connectivity index (χ1) is 9.74. The van der Waals surface area contributed by atoms with Crippen LogP contribution in [0.1, 0.15) is 36.9 Å². The summed E-state index contributed by atoms with van der Waals surface area (Å²) in [5.41, 5.74) is 3.74. The van der Waals surface area contributed by atoms with E-state index >= 15 is 0 Å². The summed E-state index contributed by atoms with van der Waals surface area (Å²) in [6, 6.07) is 3.54. The molecule has 0 unspecified atom stereocenters. The summed E-state index contributed by atoms with van der Waals surface area (Å²) < 4.78 is 5.48. The molecule has 1 N–H and O–H groups in total. The van der Waals surface area contributed by atoms with Crippen LogP contribution >= 0.6 is 0 Å². The quantitative estimate of drug-likeness (QED) is 0.894. The van der Waals surface area contributed by atoms with Gasteiger partial charge in [0.05, 0.1) is 0 Å². The lowest BCUT2D eigenvalue weighted by atomic mass is 10.1. The summed E-state index contributed by atoms with van der Waals surface area (Å²) in [6.07, 6.45) is 6.92. The minimum atomic E-state index is 0.588. The van der Waals surface area contributed by atoms with Crippen LogP contribution in [0.3, 0.4) is 0 Å². The van der Waals surface area contributed by atoms with Crippen LogP contribution in [-0.2, 0) is 11.3 Å². The molecule has 4 heteroatoms. The fourth-order valence-electron chi connectivity index (χ4n) is 2.85. The highest BCUT2D eigenvalue weighted by Gasteiger charge is 2.23. The molecule has 110 valence electrons. The maximum absolute atomic E-state index is 5.48. The van der Waals surface area contributed by atoms with Crippen molar-refractivity contribution in [2.45, 2.75) is 51.2 Å². The topological polar surface area (TPSA) is 37.4 Å². The highest BCUT2D eigenvalue weighted by Crippen LogP contribution is 2.26. The number of nitrogens with one attached hydrogen (secondary N) is 1. The van der Waals surface area contributed by atoms with Crippen molar-refractivity contribution in [3.63, 3.8) is 0 Å². The number of ether oxygens (including phenoxy) is 1. The molecule has 2 heterocycles. The van der Waals surface area contributed by atoms with Gasteiger partial charge in [0.1, 0.15) is 0 Å². The average molecular weight is 275 g/mol. The highest BCUT2D eigenvalue weighted by molar-refractivity contribution is 5.54. The molecule has 0 aromatic carbocycles. The molecule has 3 rings (SSSR count). The highest BCUT2D eigenvalue weighted by atomic mass is 16.5. The Bertz CT molecular complexity index is 453. The maximum atomic E-state index is 5.48. The van der Waals surface area contributed by atoms with Gasteiger partial charge in [0.25, 0.3) is 0 Å². The Balaban J connectivity index is 1.75. The van der Waals surface area contributed by atoms with E-state index in [0.29, 0.717) is 6.04 Å². The first kappa shape index (κ1) is 13.8. The molecule has 1 saturated carbocycles. The first-order valence-electron chi connectivity index (χ1n) is 7.73. The SMILES string of the molecule is Cc1cc(N(C)C2CCOCC2)c(CNC2CC2)cn1. The zero-order valence-corrected chi connectivity index (χ0v) is 12.6. The van der Waals surface area contributed by atoms with Crippen molar-refractivity contribution < 1.29 is 4.74 Å². The lowest BCUT2D eigenvalue weighted by molar-refractivity contribution is 0.0854. The number of pyridine rings is 1. The molecular formula is C16H25N3O. The average Bonchev–Trinajstić information content (AvgIpc) is 3.30. The van der Waals surface area contributed by atoms with Crippen molar-refractivity contribution in [3.05, 3.63) is 23.5 Å². The zero-order valence-electron chi connectivity index (χ0n) is 12.6. The molecule has 2 aliphatic rings. The van der Waals surface area contributed by atoms with Crippen molar-refractivity contribution in [3.8, 4) is 0 Å². The van der Waals surface area contributed by atoms with Gasteiger partial charge < -0.3 is 15.0 Å². The van der Waals surface area contributed by atoms with Crippen LogP contribution < -0.4 is 10.2 Å². The van der Waals surface area contributed by atoms with Crippen LogP contribution in [0.15, 0.2) is 12.3 Å². The summed E-state index contributed by atoms with van der Waals surface area (Å²) in [6.45, 7) is 4.77. The number of aryl methyl sites for hydroxylation is 1. The predicted molar refractivity (Wildman–Crippen MR) is 81.1 cm³/mol. The Morgan fingerprint density at radius 3 is 2.75 bits per heavy atom. The fourth-order valence-corrected chi connectivity index (χ4v) is 2.85. The molecule has 1 aromatic heterocycles. The molecule has 1 saturated heterocycles. The Kier molecular flexibility index (Phi) is 4.22. The monoisotopic (exact) mass is 275 g/mol. The van der Waals surface area contributed by atoms with E-state index < -0.39 is 0 Å². The Labute approximate surface area is 121 Å². The number of rotatable bonds is 5. The van der Waals surface area contributed by atoms with Gasteiger partial charge in [-0.3, -0.25) is 4.98 Å². The second kappa shape index (κ2) is 6.10. The van der Waals surface area contributed by atoms with Crippen LogP contribution in [0, 0.1) is 6.92 Å². The van der Waals surface area contributed by atoms with Gasteiger partial charge in [-0.15, -0.1) is 0 Å². The van der Waals surface area contributed by atoms with Gasteiger partial charge in [-0.2, -0.15) is 0 Å².